The fourth-order valence-corrected chi connectivity index (χ4v) is 4.19. The predicted octanol–water partition coefficient (Wildman–Crippen LogP) is -0.766. The smallest absolute Gasteiger partial charge is 0.247 e. The molecule has 3 heterocycles. The molecule has 10 heteroatoms. The summed E-state index contributed by atoms with van der Waals surface area (Å²) in [7, 11) is -1.85. The van der Waals surface area contributed by atoms with Crippen LogP contribution in [0.2, 0.25) is 0 Å². The number of aromatic amines is 1. The minimum Gasteiger partial charge on any atom is -0.315 e. The van der Waals surface area contributed by atoms with Crippen molar-refractivity contribution in [3.8, 4) is 0 Å². The third-order valence-electron chi connectivity index (χ3n) is 3.51. The van der Waals surface area contributed by atoms with Crippen LogP contribution in [0.3, 0.4) is 0 Å². The zero-order valence-electron chi connectivity index (χ0n) is 11.9. The van der Waals surface area contributed by atoms with E-state index in [1.165, 1.54) is 4.31 Å². The number of hydrogen-bond acceptors (Lipinski definition) is 6. The number of H-pyrrole nitrogens is 1. The topological polar surface area (TPSA) is 109 Å². The molecule has 21 heavy (non-hydrogen) atoms. The number of nitrogens with zero attached hydrogens (tertiary/aromatic N) is 5. The number of fused-ring (bicyclic) bond motifs is 1. The summed E-state index contributed by atoms with van der Waals surface area (Å²) in [5.74, 6) is 0.654. The van der Waals surface area contributed by atoms with Gasteiger partial charge in [-0.2, -0.15) is 9.40 Å². The van der Waals surface area contributed by atoms with Gasteiger partial charge in [0, 0.05) is 19.6 Å². The molecule has 0 atom stereocenters. The molecule has 9 nitrogen and oxygen atoms in total. The normalized spacial score (nSPS) is 16.1. The van der Waals surface area contributed by atoms with Gasteiger partial charge < -0.3 is 9.88 Å². The van der Waals surface area contributed by atoms with Crippen molar-refractivity contribution in [1.82, 2.24) is 34.6 Å². The molecule has 0 unspecified atom stereocenters. The Balaban J connectivity index is 1.97. The van der Waals surface area contributed by atoms with Crippen molar-refractivity contribution < 1.29 is 8.42 Å². The Hall–Kier alpha value is -1.78. The highest BCUT2D eigenvalue weighted by Gasteiger charge is 2.33. The van der Waals surface area contributed by atoms with E-state index in [1.54, 1.807) is 20.3 Å². The van der Waals surface area contributed by atoms with E-state index >= 15 is 0 Å². The molecule has 3 rings (SSSR count). The van der Waals surface area contributed by atoms with E-state index in [2.05, 4.69) is 25.7 Å². The number of sulfonamides is 1. The van der Waals surface area contributed by atoms with E-state index in [-0.39, 0.29) is 11.4 Å². The van der Waals surface area contributed by atoms with Gasteiger partial charge >= 0.3 is 0 Å². The van der Waals surface area contributed by atoms with Crippen LogP contribution in [-0.4, -0.2) is 51.3 Å². The van der Waals surface area contributed by atoms with Crippen molar-refractivity contribution in [3.05, 3.63) is 23.5 Å². The maximum absolute atomic E-state index is 12.9. The molecule has 0 saturated heterocycles. The Morgan fingerprint density at radius 3 is 3.00 bits per heavy atom. The summed E-state index contributed by atoms with van der Waals surface area (Å²) in [6.45, 7) is 3.29. The largest absolute Gasteiger partial charge is 0.315 e. The lowest BCUT2D eigenvalue weighted by Crippen LogP contribution is -2.38. The molecule has 2 aromatic heterocycles. The number of aryl methyl sites for hydroxylation is 1. The van der Waals surface area contributed by atoms with E-state index in [0.29, 0.717) is 36.8 Å². The molecule has 114 valence electrons. The molecule has 1 aliphatic rings. The van der Waals surface area contributed by atoms with Crippen LogP contribution in [0.5, 0.6) is 0 Å². The SMILES string of the molecule is CNCc1n[nH]c(C)c1S(=O)(=O)N1CCn2cnnc2C1. The fourth-order valence-electron chi connectivity index (χ4n) is 2.48. The van der Waals surface area contributed by atoms with Gasteiger partial charge in [-0.15, -0.1) is 10.2 Å². The molecule has 0 fully saturated rings. The zero-order valence-corrected chi connectivity index (χ0v) is 12.7. The number of nitrogens with one attached hydrogen (secondary N) is 2. The molecule has 0 radical (unpaired) electrons. The summed E-state index contributed by atoms with van der Waals surface area (Å²) < 4.78 is 29.0. The van der Waals surface area contributed by atoms with Crippen LogP contribution >= 0.6 is 0 Å². The minimum absolute atomic E-state index is 0.228. The first-order chi connectivity index (χ1) is 10.0. The van der Waals surface area contributed by atoms with Crippen molar-refractivity contribution >= 4 is 10.0 Å². The monoisotopic (exact) mass is 311 g/mol. The Morgan fingerprint density at radius 1 is 1.43 bits per heavy atom. The predicted molar refractivity (Wildman–Crippen MR) is 73.7 cm³/mol. The van der Waals surface area contributed by atoms with Crippen LogP contribution < -0.4 is 5.32 Å². The van der Waals surface area contributed by atoms with Gasteiger partial charge in [-0.25, -0.2) is 8.42 Å². The van der Waals surface area contributed by atoms with Gasteiger partial charge in [-0.3, -0.25) is 5.10 Å². The molecule has 0 aromatic carbocycles. The van der Waals surface area contributed by atoms with Gasteiger partial charge in [-0.05, 0) is 14.0 Å². The van der Waals surface area contributed by atoms with Gasteiger partial charge in [0.15, 0.2) is 0 Å². The van der Waals surface area contributed by atoms with Crippen molar-refractivity contribution in [1.29, 1.82) is 0 Å². The van der Waals surface area contributed by atoms with Crippen molar-refractivity contribution in [2.45, 2.75) is 31.5 Å². The molecular weight excluding hydrogens is 294 g/mol. The molecule has 0 spiro atoms. The van der Waals surface area contributed by atoms with Crippen LogP contribution in [0.25, 0.3) is 0 Å². The minimum atomic E-state index is -3.60. The molecule has 0 amide bonds. The van der Waals surface area contributed by atoms with Gasteiger partial charge in [0.2, 0.25) is 10.0 Å². The van der Waals surface area contributed by atoms with Gasteiger partial charge in [0.1, 0.15) is 17.0 Å². The zero-order chi connectivity index (χ0) is 15.0. The van der Waals surface area contributed by atoms with Crippen molar-refractivity contribution in [2.24, 2.45) is 0 Å². The van der Waals surface area contributed by atoms with E-state index in [4.69, 9.17) is 0 Å². The summed E-state index contributed by atoms with van der Waals surface area (Å²) in [5.41, 5.74) is 1.05. The highest BCUT2D eigenvalue weighted by Crippen LogP contribution is 2.25. The van der Waals surface area contributed by atoms with Crippen LogP contribution in [0.4, 0.5) is 0 Å². The molecular formula is C11H17N7O2S. The Labute approximate surface area is 122 Å². The van der Waals surface area contributed by atoms with Crippen molar-refractivity contribution in [3.63, 3.8) is 0 Å². The van der Waals surface area contributed by atoms with Crippen LogP contribution in [0.1, 0.15) is 17.2 Å². The summed E-state index contributed by atoms with van der Waals surface area (Å²) in [4.78, 5) is 0.254. The first-order valence-corrected chi connectivity index (χ1v) is 8.03. The summed E-state index contributed by atoms with van der Waals surface area (Å²) >= 11 is 0. The molecule has 0 bridgehead atoms. The summed E-state index contributed by atoms with van der Waals surface area (Å²) in [5, 5.41) is 17.5. The van der Waals surface area contributed by atoms with Crippen molar-refractivity contribution in [2.75, 3.05) is 13.6 Å². The van der Waals surface area contributed by atoms with Gasteiger partial charge in [-0.1, -0.05) is 0 Å². The average Bonchev–Trinajstić information content (AvgIpc) is 3.05. The van der Waals surface area contributed by atoms with Crippen LogP contribution in [0.15, 0.2) is 11.2 Å². The molecule has 2 aromatic rings. The fraction of sp³-hybridized carbons (Fsp3) is 0.545. The first-order valence-electron chi connectivity index (χ1n) is 6.59. The lowest BCUT2D eigenvalue weighted by molar-refractivity contribution is 0.335. The Bertz CT molecular complexity index is 748. The second-order valence-corrected chi connectivity index (χ2v) is 6.81. The quantitative estimate of drug-likeness (QED) is 0.768. The summed E-state index contributed by atoms with van der Waals surface area (Å²) in [6.07, 6.45) is 1.62. The standard InChI is InChI=1S/C11H17N7O2S/c1-8-11(9(5-12-2)15-14-8)21(19,20)18-4-3-17-7-13-16-10(17)6-18/h7,12H,3-6H2,1-2H3,(H,14,15). The van der Waals surface area contributed by atoms with Crippen LogP contribution in [-0.2, 0) is 29.7 Å². The van der Waals surface area contributed by atoms with Gasteiger partial charge in [0.25, 0.3) is 0 Å². The molecule has 2 N–H and O–H groups in total. The van der Waals surface area contributed by atoms with E-state index in [0.717, 1.165) is 0 Å². The third-order valence-corrected chi connectivity index (χ3v) is 5.56. The molecule has 1 aliphatic heterocycles. The lowest BCUT2D eigenvalue weighted by atomic mass is 10.4. The number of aromatic nitrogens is 5. The molecule has 0 aliphatic carbocycles. The highest BCUT2D eigenvalue weighted by molar-refractivity contribution is 7.89. The Kier molecular flexibility index (Phi) is 3.51. The highest BCUT2D eigenvalue weighted by atomic mass is 32.2. The van der Waals surface area contributed by atoms with E-state index in [9.17, 15) is 8.42 Å². The Morgan fingerprint density at radius 2 is 2.24 bits per heavy atom. The molecule has 0 saturated carbocycles. The number of rotatable bonds is 4. The van der Waals surface area contributed by atoms with Gasteiger partial charge in [0.05, 0.1) is 17.9 Å². The van der Waals surface area contributed by atoms with E-state index < -0.39 is 10.0 Å². The third kappa shape index (κ3) is 2.34. The second kappa shape index (κ2) is 5.20. The maximum atomic E-state index is 12.9. The van der Waals surface area contributed by atoms with E-state index in [1.807, 2.05) is 4.57 Å². The average molecular weight is 311 g/mol. The van der Waals surface area contributed by atoms with Crippen LogP contribution in [0, 0.1) is 6.92 Å². The lowest BCUT2D eigenvalue weighted by Gasteiger charge is -2.26. The maximum Gasteiger partial charge on any atom is 0.247 e. The summed E-state index contributed by atoms with van der Waals surface area (Å²) in [6, 6.07) is 0. The first kappa shape index (κ1) is 14.2. The number of hydrogen-bond donors (Lipinski definition) is 2. The second-order valence-electron chi connectivity index (χ2n) is 4.93.